The third-order valence-electron chi connectivity index (χ3n) is 2.34. The highest BCUT2D eigenvalue weighted by atomic mass is 31.2. The van der Waals surface area contributed by atoms with Crippen molar-refractivity contribution in [2.24, 2.45) is 5.73 Å². The molecule has 0 bridgehead atoms. The summed E-state index contributed by atoms with van der Waals surface area (Å²) >= 11 is 0. The molecule has 0 aliphatic carbocycles. The van der Waals surface area contributed by atoms with Gasteiger partial charge in [-0.25, -0.2) is 0 Å². The van der Waals surface area contributed by atoms with E-state index in [0.717, 1.165) is 12.1 Å². The molecule has 0 radical (unpaired) electrons. The number of hydrogen-bond acceptors (Lipinski definition) is 3. The van der Waals surface area contributed by atoms with Crippen molar-refractivity contribution in [3.63, 3.8) is 0 Å². The summed E-state index contributed by atoms with van der Waals surface area (Å²) in [4.78, 5) is 17.4. The van der Waals surface area contributed by atoms with E-state index in [2.05, 4.69) is 5.32 Å². The summed E-state index contributed by atoms with van der Waals surface area (Å²) in [6.45, 7) is 1.19. The van der Waals surface area contributed by atoms with E-state index in [1.54, 1.807) is 0 Å². The largest absolute Gasteiger partial charge is 0.385 e. The van der Waals surface area contributed by atoms with Crippen LogP contribution < -0.4 is 11.1 Å². The molecule has 6 heteroatoms. The van der Waals surface area contributed by atoms with Crippen molar-refractivity contribution in [1.29, 1.82) is 0 Å². The van der Waals surface area contributed by atoms with Gasteiger partial charge in [0.2, 0.25) is 0 Å². The zero-order valence-corrected chi connectivity index (χ0v) is 10.6. The lowest BCUT2D eigenvalue weighted by Crippen LogP contribution is -2.05. The molecule has 5 nitrogen and oxygen atoms in total. The Hall–Kier alpha value is -0.870. The van der Waals surface area contributed by atoms with Crippen LogP contribution in [-0.2, 0) is 11.0 Å². The predicted octanol–water partition coefficient (Wildman–Crippen LogP) is 1.17. The molecule has 0 atom stereocenters. The first-order valence-electron chi connectivity index (χ1n) is 5.59. The molecule has 0 fully saturated rings. The molecule has 0 amide bonds. The van der Waals surface area contributed by atoms with Crippen molar-refractivity contribution in [1.82, 2.24) is 0 Å². The van der Waals surface area contributed by atoms with E-state index in [-0.39, 0.29) is 6.16 Å². The minimum Gasteiger partial charge on any atom is -0.385 e. The fourth-order valence-corrected chi connectivity index (χ4v) is 2.04. The SMILES string of the molecule is NCCc1ccc(NCCCP(=O)(O)O)cc1. The van der Waals surface area contributed by atoms with Gasteiger partial charge in [-0.2, -0.15) is 0 Å². The highest BCUT2D eigenvalue weighted by molar-refractivity contribution is 7.51. The van der Waals surface area contributed by atoms with Crippen molar-refractivity contribution in [3.05, 3.63) is 29.8 Å². The molecule has 0 saturated carbocycles. The van der Waals surface area contributed by atoms with Crippen molar-refractivity contribution >= 4 is 13.3 Å². The first-order valence-corrected chi connectivity index (χ1v) is 7.38. The maximum absolute atomic E-state index is 10.6. The summed E-state index contributed by atoms with van der Waals surface area (Å²) in [5.41, 5.74) is 7.59. The van der Waals surface area contributed by atoms with Gasteiger partial charge in [-0.05, 0) is 37.1 Å². The molecule has 1 aromatic rings. The van der Waals surface area contributed by atoms with Gasteiger partial charge in [0, 0.05) is 12.2 Å². The Balaban J connectivity index is 2.30. The lowest BCUT2D eigenvalue weighted by Gasteiger charge is -2.08. The molecule has 1 aromatic carbocycles. The molecule has 5 N–H and O–H groups in total. The molecule has 17 heavy (non-hydrogen) atoms. The summed E-state index contributed by atoms with van der Waals surface area (Å²) in [6.07, 6.45) is 1.23. The summed E-state index contributed by atoms with van der Waals surface area (Å²) in [5, 5.41) is 3.11. The van der Waals surface area contributed by atoms with Gasteiger partial charge in [0.1, 0.15) is 0 Å². The minimum atomic E-state index is -3.86. The van der Waals surface area contributed by atoms with Gasteiger partial charge in [-0.15, -0.1) is 0 Å². The molecule has 0 heterocycles. The zero-order chi connectivity index (χ0) is 12.7. The van der Waals surface area contributed by atoms with Crippen molar-refractivity contribution < 1.29 is 14.4 Å². The third-order valence-corrected chi connectivity index (χ3v) is 3.24. The van der Waals surface area contributed by atoms with Crippen molar-refractivity contribution in [2.75, 3.05) is 24.6 Å². The van der Waals surface area contributed by atoms with Crippen LogP contribution in [0, 0.1) is 0 Å². The second-order valence-corrected chi connectivity index (χ2v) is 5.68. The summed E-state index contributed by atoms with van der Waals surface area (Å²) in [6, 6.07) is 7.89. The van der Waals surface area contributed by atoms with Crippen LogP contribution in [0.1, 0.15) is 12.0 Å². The van der Waals surface area contributed by atoms with Crippen LogP contribution in [0.25, 0.3) is 0 Å². The normalized spacial score (nSPS) is 11.5. The van der Waals surface area contributed by atoms with Gasteiger partial charge >= 0.3 is 7.60 Å². The number of nitrogens with one attached hydrogen (secondary N) is 1. The van der Waals surface area contributed by atoms with Crippen LogP contribution in [0.5, 0.6) is 0 Å². The van der Waals surface area contributed by atoms with E-state index in [1.165, 1.54) is 5.56 Å². The van der Waals surface area contributed by atoms with Gasteiger partial charge in [0.15, 0.2) is 0 Å². The Kier molecular flexibility index (Phi) is 5.65. The zero-order valence-electron chi connectivity index (χ0n) is 9.67. The molecule has 0 spiro atoms. The van der Waals surface area contributed by atoms with Crippen LogP contribution in [-0.4, -0.2) is 29.0 Å². The van der Waals surface area contributed by atoms with Gasteiger partial charge in [0.05, 0.1) is 6.16 Å². The highest BCUT2D eigenvalue weighted by Gasteiger charge is 2.10. The van der Waals surface area contributed by atoms with Crippen LogP contribution in [0.4, 0.5) is 5.69 Å². The molecule has 0 aliphatic rings. The van der Waals surface area contributed by atoms with E-state index in [4.69, 9.17) is 15.5 Å². The number of rotatable bonds is 7. The third kappa shape index (κ3) is 6.44. The van der Waals surface area contributed by atoms with Gasteiger partial charge in [-0.1, -0.05) is 12.1 Å². The van der Waals surface area contributed by atoms with Crippen LogP contribution in [0.2, 0.25) is 0 Å². The molecule has 96 valence electrons. The Morgan fingerprint density at radius 1 is 1.24 bits per heavy atom. The molecule has 0 saturated heterocycles. The summed E-state index contributed by atoms with van der Waals surface area (Å²) in [5.74, 6) is 0. The molecular formula is C11H19N2O3P. The van der Waals surface area contributed by atoms with Gasteiger partial charge in [-0.3, -0.25) is 4.57 Å². The molecule has 0 aliphatic heterocycles. The number of hydrogen-bond donors (Lipinski definition) is 4. The first-order chi connectivity index (χ1) is 8.01. The monoisotopic (exact) mass is 258 g/mol. The fraction of sp³-hybridized carbons (Fsp3) is 0.455. The topological polar surface area (TPSA) is 95.6 Å². The summed E-state index contributed by atoms with van der Waals surface area (Å²) < 4.78 is 10.6. The minimum absolute atomic E-state index is 0.0781. The Bertz CT molecular complexity index is 375. The quantitative estimate of drug-likeness (QED) is 0.435. The second-order valence-electron chi connectivity index (χ2n) is 3.90. The van der Waals surface area contributed by atoms with Gasteiger partial charge < -0.3 is 20.8 Å². The molecule has 0 unspecified atom stereocenters. The van der Waals surface area contributed by atoms with E-state index >= 15 is 0 Å². The fourth-order valence-electron chi connectivity index (χ4n) is 1.47. The van der Waals surface area contributed by atoms with E-state index in [0.29, 0.717) is 19.5 Å². The number of anilines is 1. The Morgan fingerprint density at radius 3 is 2.41 bits per heavy atom. The summed E-state index contributed by atoms with van der Waals surface area (Å²) in [7, 11) is -3.86. The van der Waals surface area contributed by atoms with E-state index in [1.807, 2.05) is 24.3 Å². The van der Waals surface area contributed by atoms with Crippen molar-refractivity contribution in [2.45, 2.75) is 12.8 Å². The lowest BCUT2D eigenvalue weighted by atomic mass is 10.1. The van der Waals surface area contributed by atoms with E-state index in [9.17, 15) is 4.57 Å². The maximum atomic E-state index is 10.6. The maximum Gasteiger partial charge on any atom is 0.325 e. The van der Waals surface area contributed by atoms with Crippen LogP contribution in [0.3, 0.4) is 0 Å². The van der Waals surface area contributed by atoms with E-state index < -0.39 is 7.60 Å². The van der Waals surface area contributed by atoms with Crippen molar-refractivity contribution in [3.8, 4) is 0 Å². The Morgan fingerprint density at radius 2 is 1.88 bits per heavy atom. The predicted molar refractivity (Wildman–Crippen MR) is 69.2 cm³/mol. The second kappa shape index (κ2) is 6.77. The molecule has 0 aromatic heterocycles. The average Bonchev–Trinajstić information content (AvgIpc) is 2.26. The average molecular weight is 258 g/mol. The van der Waals surface area contributed by atoms with Gasteiger partial charge in [0.25, 0.3) is 0 Å². The van der Waals surface area contributed by atoms with Crippen LogP contribution >= 0.6 is 7.60 Å². The molecular weight excluding hydrogens is 239 g/mol. The highest BCUT2D eigenvalue weighted by Crippen LogP contribution is 2.34. The smallest absolute Gasteiger partial charge is 0.325 e. The van der Waals surface area contributed by atoms with Crippen LogP contribution in [0.15, 0.2) is 24.3 Å². The first kappa shape index (κ1) is 14.2. The number of nitrogens with two attached hydrogens (primary N) is 1. The number of benzene rings is 1. The lowest BCUT2D eigenvalue weighted by molar-refractivity contribution is 0.372. The Labute approximate surface area is 101 Å². The molecule has 1 rings (SSSR count). The standard InChI is InChI=1S/C11H19N2O3P/c12-7-6-10-2-4-11(5-3-10)13-8-1-9-17(14,15)16/h2-5,13H,1,6-9,12H2,(H2,14,15,16).